The van der Waals surface area contributed by atoms with Gasteiger partial charge in [0.25, 0.3) is 0 Å². The van der Waals surface area contributed by atoms with Crippen LogP contribution in [0.1, 0.15) is 45.1 Å². The van der Waals surface area contributed by atoms with Crippen LogP contribution in [0.5, 0.6) is 0 Å². The molecule has 0 aromatic heterocycles. The zero-order valence-electron chi connectivity index (χ0n) is 12.4. The molecule has 108 valence electrons. The normalized spacial score (nSPS) is 40.6. The van der Waals surface area contributed by atoms with Gasteiger partial charge < -0.3 is 5.11 Å². The van der Waals surface area contributed by atoms with E-state index in [2.05, 4.69) is 26.0 Å². The van der Waals surface area contributed by atoms with Crippen LogP contribution in [-0.2, 0) is 11.2 Å². The molecule has 2 saturated carbocycles. The lowest BCUT2D eigenvalue weighted by Crippen LogP contribution is -2.50. The standard InChI is InChI=1S/C18H24O2/c1-17-11-10-16(20)18(2,14(17)8-9-15(17)19)12-13-6-4-3-5-7-13/h3-7,14-15,19H,8-12H2,1-2H3/t14-,15-,17-,18+/m1/s1. The highest BCUT2D eigenvalue weighted by atomic mass is 16.3. The van der Waals surface area contributed by atoms with Gasteiger partial charge in [0.1, 0.15) is 5.78 Å². The first-order valence-electron chi connectivity index (χ1n) is 7.72. The summed E-state index contributed by atoms with van der Waals surface area (Å²) in [6.07, 6.45) is 3.86. The third kappa shape index (κ3) is 1.93. The Labute approximate surface area is 121 Å². The third-order valence-electron chi connectivity index (χ3n) is 6.00. The van der Waals surface area contributed by atoms with Gasteiger partial charge in [-0.3, -0.25) is 4.79 Å². The molecule has 1 aromatic rings. The first kappa shape index (κ1) is 13.8. The van der Waals surface area contributed by atoms with Crippen molar-refractivity contribution in [3.05, 3.63) is 35.9 Å². The summed E-state index contributed by atoms with van der Waals surface area (Å²) in [5.74, 6) is 0.699. The molecule has 2 aliphatic rings. The smallest absolute Gasteiger partial charge is 0.139 e. The molecular formula is C18H24O2. The zero-order valence-corrected chi connectivity index (χ0v) is 12.4. The van der Waals surface area contributed by atoms with E-state index < -0.39 is 0 Å². The van der Waals surface area contributed by atoms with Gasteiger partial charge in [0.2, 0.25) is 0 Å². The van der Waals surface area contributed by atoms with Crippen LogP contribution in [0.25, 0.3) is 0 Å². The number of aliphatic hydroxyl groups excluding tert-OH is 1. The number of carbonyl (C=O) groups is 1. The molecule has 0 unspecified atom stereocenters. The van der Waals surface area contributed by atoms with Gasteiger partial charge in [-0.05, 0) is 42.6 Å². The van der Waals surface area contributed by atoms with E-state index >= 15 is 0 Å². The minimum Gasteiger partial charge on any atom is -0.393 e. The summed E-state index contributed by atoms with van der Waals surface area (Å²) < 4.78 is 0. The van der Waals surface area contributed by atoms with E-state index in [1.807, 2.05) is 18.2 Å². The maximum Gasteiger partial charge on any atom is 0.139 e. The van der Waals surface area contributed by atoms with Crippen LogP contribution in [0, 0.1) is 16.7 Å². The van der Waals surface area contributed by atoms with Crippen LogP contribution in [0.2, 0.25) is 0 Å². The summed E-state index contributed by atoms with van der Waals surface area (Å²) in [4.78, 5) is 12.6. The highest BCUT2D eigenvalue weighted by Crippen LogP contribution is 2.58. The second kappa shape index (κ2) is 4.70. The third-order valence-corrected chi connectivity index (χ3v) is 6.00. The van der Waals surface area contributed by atoms with Gasteiger partial charge in [-0.1, -0.05) is 44.2 Å². The lowest BCUT2D eigenvalue weighted by Gasteiger charge is -2.49. The van der Waals surface area contributed by atoms with Gasteiger partial charge in [-0.2, -0.15) is 0 Å². The van der Waals surface area contributed by atoms with Crippen LogP contribution in [0.3, 0.4) is 0 Å². The van der Waals surface area contributed by atoms with Crippen LogP contribution < -0.4 is 0 Å². The molecule has 0 spiro atoms. The van der Waals surface area contributed by atoms with Crippen molar-refractivity contribution in [1.29, 1.82) is 0 Å². The fourth-order valence-electron chi connectivity index (χ4n) is 4.71. The minimum atomic E-state index is -0.314. The van der Waals surface area contributed by atoms with Crippen molar-refractivity contribution in [2.24, 2.45) is 16.7 Å². The zero-order chi connectivity index (χ0) is 14.4. The van der Waals surface area contributed by atoms with Gasteiger partial charge in [-0.15, -0.1) is 0 Å². The number of Topliss-reactive ketones (excluding diaryl/α,β-unsaturated/α-hetero) is 1. The Morgan fingerprint density at radius 3 is 2.60 bits per heavy atom. The molecule has 2 nitrogen and oxygen atoms in total. The summed E-state index contributed by atoms with van der Waals surface area (Å²) in [7, 11) is 0. The second-order valence-corrected chi connectivity index (χ2v) is 7.15. The predicted molar refractivity (Wildman–Crippen MR) is 79.3 cm³/mol. The first-order valence-corrected chi connectivity index (χ1v) is 7.72. The number of carbonyl (C=O) groups excluding carboxylic acids is 1. The van der Waals surface area contributed by atoms with E-state index in [9.17, 15) is 9.90 Å². The molecule has 0 bridgehead atoms. The number of hydrogen-bond acceptors (Lipinski definition) is 2. The lowest BCUT2D eigenvalue weighted by molar-refractivity contribution is -0.143. The van der Waals surface area contributed by atoms with Crippen molar-refractivity contribution < 1.29 is 9.90 Å². The fraction of sp³-hybridized carbons (Fsp3) is 0.611. The first-order chi connectivity index (χ1) is 9.47. The van der Waals surface area contributed by atoms with Gasteiger partial charge in [0.05, 0.1) is 6.10 Å². The molecule has 1 aromatic carbocycles. The average molecular weight is 272 g/mol. The van der Waals surface area contributed by atoms with Crippen LogP contribution in [0.4, 0.5) is 0 Å². The summed E-state index contributed by atoms with van der Waals surface area (Å²) >= 11 is 0. The quantitative estimate of drug-likeness (QED) is 0.896. The molecule has 0 aliphatic heterocycles. The second-order valence-electron chi connectivity index (χ2n) is 7.15. The molecule has 0 heterocycles. The Balaban J connectivity index is 1.95. The van der Waals surface area contributed by atoms with E-state index in [4.69, 9.17) is 0 Å². The van der Waals surface area contributed by atoms with E-state index in [1.165, 1.54) is 5.56 Å². The van der Waals surface area contributed by atoms with Crippen LogP contribution >= 0.6 is 0 Å². The van der Waals surface area contributed by atoms with Gasteiger partial charge in [-0.25, -0.2) is 0 Å². The Morgan fingerprint density at radius 2 is 1.90 bits per heavy atom. The molecule has 2 heteroatoms. The van der Waals surface area contributed by atoms with Crippen molar-refractivity contribution in [1.82, 2.24) is 0 Å². The summed E-state index contributed by atoms with van der Waals surface area (Å²) in [5.41, 5.74) is 0.845. The van der Waals surface area contributed by atoms with E-state index in [0.717, 1.165) is 25.7 Å². The Bertz CT molecular complexity index is 509. The summed E-state index contributed by atoms with van der Waals surface area (Å²) in [6.45, 7) is 4.31. The Hall–Kier alpha value is -1.15. The number of hydrogen-bond donors (Lipinski definition) is 1. The number of benzene rings is 1. The topological polar surface area (TPSA) is 37.3 Å². The molecule has 1 N–H and O–H groups in total. The molecular weight excluding hydrogens is 248 g/mol. The predicted octanol–water partition coefficient (Wildman–Crippen LogP) is 3.38. The molecule has 20 heavy (non-hydrogen) atoms. The largest absolute Gasteiger partial charge is 0.393 e. The monoisotopic (exact) mass is 272 g/mol. The number of aliphatic hydroxyl groups is 1. The number of rotatable bonds is 2. The summed E-state index contributed by atoms with van der Waals surface area (Å²) in [5, 5.41) is 10.4. The van der Waals surface area contributed by atoms with Gasteiger partial charge >= 0.3 is 0 Å². The summed E-state index contributed by atoms with van der Waals surface area (Å²) in [6, 6.07) is 10.3. The molecule has 3 rings (SSSR count). The van der Waals surface area contributed by atoms with Gasteiger partial charge in [0, 0.05) is 11.8 Å². The number of ketones is 1. The molecule has 2 fully saturated rings. The van der Waals surface area contributed by atoms with Crippen molar-refractivity contribution >= 4 is 5.78 Å². The van der Waals surface area contributed by atoms with Gasteiger partial charge in [0.15, 0.2) is 0 Å². The van der Waals surface area contributed by atoms with Crippen molar-refractivity contribution in [3.8, 4) is 0 Å². The van der Waals surface area contributed by atoms with Crippen LogP contribution in [-0.4, -0.2) is 17.0 Å². The van der Waals surface area contributed by atoms with E-state index in [0.29, 0.717) is 18.1 Å². The fourth-order valence-corrected chi connectivity index (χ4v) is 4.71. The van der Waals surface area contributed by atoms with E-state index in [-0.39, 0.29) is 16.9 Å². The maximum absolute atomic E-state index is 12.6. The number of fused-ring (bicyclic) bond motifs is 1. The van der Waals surface area contributed by atoms with E-state index in [1.54, 1.807) is 0 Å². The van der Waals surface area contributed by atoms with Crippen molar-refractivity contribution in [2.45, 2.75) is 52.1 Å². The van der Waals surface area contributed by atoms with Crippen LogP contribution in [0.15, 0.2) is 30.3 Å². The highest BCUT2D eigenvalue weighted by molar-refractivity contribution is 5.86. The lowest BCUT2D eigenvalue weighted by atomic mass is 9.54. The molecule has 0 amide bonds. The molecule has 0 saturated heterocycles. The Morgan fingerprint density at radius 1 is 1.20 bits per heavy atom. The maximum atomic E-state index is 12.6. The van der Waals surface area contributed by atoms with Crippen molar-refractivity contribution in [2.75, 3.05) is 0 Å². The van der Waals surface area contributed by atoms with Crippen molar-refractivity contribution in [3.63, 3.8) is 0 Å². The Kier molecular flexibility index (Phi) is 3.24. The minimum absolute atomic E-state index is 0.0720. The molecule has 2 aliphatic carbocycles. The molecule has 4 atom stereocenters. The highest BCUT2D eigenvalue weighted by Gasteiger charge is 2.58. The SMILES string of the molecule is C[C@@]12CCC(=O)[C@@](C)(Cc3ccccc3)[C@@H]1CC[C@H]2O. The average Bonchev–Trinajstić information content (AvgIpc) is 2.74. The molecule has 0 radical (unpaired) electrons.